The molecule has 7 heteroatoms. The van der Waals surface area contributed by atoms with Crippen molar-refractivity contribution in [2.45, 2.75) is 32.6 Å². The fraction of sp³-hybridized carbons (Fsp3) is 0.632. The van der Waals surface area contributed by atoms with Gasteiger partial charge in [-0.25, -0.2) is 9.97 Å². The Morgan fingerprint density at radius 2 is 1.77 bits per heavy atom. The van der Waals surface area contributed by atoms with E-state index in [1.54, 1.807) is 17.7 Å². The number of nitrogens with zero attached hydrogens (tertiary/aromatic N) is 5. The van der Waals surface area contributed by atoms with Crippen molar-refractivity contribution in [2.75, 3.05) is 50.7 Å². The molecule has 2 aromatic rings. The molecular formula is C19H27N5OS. The summed E-state index contributed by atoms with van der Waals surface area (Å²) < 4.78 is 0. The second-order valence-corrected chi connectivity index (χ2v) is 8.57. The summed E-state index contributed by atoms with van der Waals surface area (Å²) in [6, 6.07) is 2.19. The van der Waals surface area contributed by atoms with Crippen LogP contribution in [0.3, 0.4) is 0 Å². The van der Waals surface area contributed by atoms with Crippen molar-refractivity contribution < 1.29 is 4.79 Å². The number of likely N-dealkylation sites (tertiary alicyclic amines) is 1. The quantitative estimate of drug-likeness (QED) is 0.828. The molecule has 0 aromatic carbocycles. The van der Waals surface area contributed by atoms with Crippen LogP contribution in [0, 0.1) is 6.92 Å². The molecule has 2 aliphatic heterocycles. The van der Waals surface area contributed by atoms with Crippen molar-refractivity contribution >= 4 is 33.3 Å². The summed E-state index contributed by atoms with van der Waals surface area (Å²) >= 11 is 1.72. The number of thiophene rings is 1. The van der Waals surface area contributed by atoms with Crippen LogP contribution in [0.4, 0.5) is 5.82 Å². The molecule has 0 radical (unpaired) electrons. The molecule has 0 saturated carbocycles. The minimum Gasteiger partial charge on any atom is -0.353 e. The zero-order chi connectivity index (χ0) is 17.9. The van der Waals surface area contributed by atoms with Gasteiger partial charge < -0.3 is 9.80 Å². The number of carbonyl (C=O) groups excluding carboxylic acids is 1. The van der Waals surface area contributed by atoms with E-state index in [0.29, 0.717) is 12.5 Å². The maximum absolute atomic E-state index is 12.6. The van der Waals surface area contributed by atoms with Crippen LogP contribution in [0.5, 0.6) is 0 Å². The Kier molecular flexibility index (Phi) is 5.36. The van der Waals surface area contributed by atoms with Gasteiger partial charge in [0.1, 0.15) is 17.0 Å². The molecule has 0 atom stereocenters. The summed E-state index contributed by atoms with van der Waals surface area (Å²) in [4.78, 5) is 30.6. The molecule has 2 saturated heterocycles. The molecule has 0 N–H and O–H groups in total. The third-order valence-corrected chi connectivity index (χ3v) is 6.38. The molecule has 1 amide bonds. The monoisotopic (exact) mass is 373 g/mol. The van der Waals surface area contributed by atoms with Crippen molar-refractivity contribution in [1.29, 1.82) is 0 Å². The summed E-state index contributed by atoms with van der Waals surface area (Å²) in [5.74, 6) is 1.34. The van der Waals surface area contributed by atoms with E-state index < -0.39 is 0 Å². The number of piperazine rings is 1. The fourth-order valence-corrected chi connectivity index (χ4v) is 4.79. The number of aryl methyl sites for hydroxylation is 1. The van der Waals surface area contributed by atoms with Gasteiger partial charge in [-0.05, 0) is 25.8 Å². The molecule has 6 nitrogen and oxygen atoms in total. The first kappa shape index (κ1) is 17.7. The Hall–Kier alpha value is -1.73. The van der Waals surface area contributed by atoms with E-state index in [2.05, 4.69) is 37.7 Å². The molecule has 0 aliphatic carbocycles. The van der Waals surface area contributed by atoms with Gasteiger partial charge in [0.15, 0.2) is 0 Å². The van der Waals surface area contributed by atoms with E-state index in [4.69, 9.17) is 0 Å². The van der Waals surface area contributed by atoms with Crippen LogP contribution >= 0.6 is 11.3 Å². The molecule has 0 bridgehead atoms. The molecule has 0 unspecified atom stereocenters. The third kappa shape index (κ3) is 3.83. The van der Waals surface area contributed by atoms with E-state index in [1.165, 1.54) is 17.7 Å². The number of carbonyl (C=O) groups is 1. The van der Waals surface area contributed by atoms with Gasteiger partial charge in [0, 0.05) is 44.1 Å². The lowest BCUT2D eigenvalue weighted by molar-refractivity contribution is -0.132. The first-order chi connectivity index (χ1) is 12.7. The minimum absolute atomic E-state index is 0.304. The van der Waals surface area contributed by atoms with Crippen LogP contribution in [0.25, 0.3) is 10.2 Å². The van der Waals surface area contributed by atoms with Gasteiger partial charge in [0.25, 0.3) is 0 Å². The van der Waals surface area contributed by atoms with Crippen molar-refractivity contribution in [2.24, 2.45) is 0 Å². The number of hydrogen-bond acceptors (Lipinski definition) is 6. The maximum Gasteiger partial charge on any atom is 0.236 e. The SMILES string of the molecule is Cc1cc2c(N3CCN(CC(=O)N4CCCCCC4)CC3)ncnc2s1. The summed E-state index contributed by atoms with van der Waals surface area (Å²) in [5, 5.41) is 1.16. The molecule has 2 fully saturated rings. The highest BCUT2D eigenvalue weighted by molar-refractivity contribution is 7.18. The first-order valence-corrected chi connectivity index (χ1v) is 10.5. The second kappa shape index (κ2) is 7.88. The van der Waals surface area contributed by atoms with Crippen LogP contribution < -0.4 is 4.90 Å². The molecule has 26 heavy (non-hydrogen) atoms. The predicted molar refractivity (Wildman–Crippen MR) is 106 cm³/mol. The number of fused-ring (bicyclic) bond motifs is 1. The molecular weight excluding hydrogens is 346 g/mol. The Bertz CT molecular complexity index is 760. The Morgan fingerprint density at radius 3 is 2.50 bits per heavy atom. The molecule has 2 aromatic heterocycles. The van der Waals surface area contributed by atoms with E-state index >= 15 is 0 Å². The molecule has 0 spiro atoms. The van der Waals surface area contributed by atoms with Crippen LogP contribution in [-0.2, 0) is 4.79 Å². The van der Waals surface area contributed by atoms with Gasteiger partial charge in [0.2, 0.25) is 5.91 Å². The smallest absolute Gasteiger partial charge is 0.236 e. The summed E-state index contributed by atoms with van der Waals surface area (Å²) in [7, 11) is 0. The normalized spacial score (nSPS) is 19.7. The fourth-order valence-electron chi connectivity index (χ4n) is 3.94. The molecule has 4 heterocycles. The van der Waals surface area contributed by atoms with Crippen LogP contribution in [0.15, 0.2) is 12.4 Å². The van der Waals surface area contributed by atoms with Crippen molar-refractivity contribution in [3.05, 3.63) is 17.3 Å². The third-order valence-electron chi connectivity index (χ3n) is 5.42. The molecule has 2 aliphatic rings. The topological polar surface area (TPSA) is 52.6 Å². The molecule has 4 rings (SSSR count). The van der Waals surface area contributed by atoms with Crippen molar-refractivity contribution in [1.82, 2.24) is 19.8 Å². The summed E-state index contributed by atoms with van der Waals surface area (Å²) in [5.41, 5.74) is 0. The summed E-state index contributed by atoms with van der Waals surface area (Å²) in [6.07, 6.45) is 6.51. The summed E-state index contributed by atoms with van der Waals surface area (Å²) in [6.45, 7) is 8.20. The Morgan fingerprint density at radius 1 is 1.04 bits per heavy atom. The van der Waals surface area contributed by atoms with Gasteiger partial charge in [-0.3, -0.25) is 9.69 Å². The predicted octanol–water partition coefficient (Wildman–Crippen LogP) is 2.52. The average molecular weight is 374 g/mol. The van der Waals surface area contributed by atoms with E-state index in [0.717, 1.165) is 68.1 Å². The highest BCUT2D eigenvalue weighted by Crippen LogP contribution is 2.30. The lowest BCUT2D eigenvalue weighted by Crippen LogP contribution is -2.50. The number of amides is 1. The van der Waals surface area contributed by atoms with Gasteiger partial charge in [0.05, 0.1) is 11.9 Å². The standard InChI is InChI=1S/C19H27N5OS/c1-15-12-16-18(20-14-21-19(16)26-15)24-10-8-22(9-11-24)13-17(25)23-6-4-2-3-5-7-23/h12,14H,2-11,13H2,1H3. The Balaban J connectivity index is 1.35. The van der Waals surface area contributed by atoms with Gasteiger partial charge >= 0.3 is 0 Å². The number of anilines is 1. The van der Waals surface area contributed by atoms with Crippen molar-refractivity contribution in [3.63, 3.8) is 0 Å². The minimum atomic E-state index is 0.304. The van der Waals surface area contributed by atoms with Gasteiger partial charge in [-0.1, -0.05) is 12.8 Å². The largest absolute Gasteiger partial charge is 0.353 e. The maximum atomic E-state index is 12.6. The highest BCUT2D eigenvalue weighted by atomic mass is 32.1. The second-order valence-electron chi connectivity index (χ2n) is 7.33. The first-order valence-electron chi connectivity index (χ1n) is 9.67. The van der Waals surface area contributed by atoms with Gasteiger partial charge in [-0.2, -0.15) is 0 Å². The number of rotatable bonds is 3. The average Bonchev–Trinajstić information content (AvgIpc) is 2.85. The van der Waals surface area contributed by atoms with Crippen molar-refractivity contribution in [3.8, 4) is 0 Å². The van der Waals surface area contributed by atoms with Crippen LogP contribution in [-0.4, -0.2) is 71.5 Å². The number of aromatic nitrogens is 2. The zero-order valence-corrected chi connectivity index (χ0v) is 16.3. The zero-order valence-electron chi connectivity index (χ0n) is 15.5. The Labute approximate surface area is 158 Å². The molecule has 140 valence electrons. The highest BCUT2D eigenvalue weighted by Gasteiger charge is 2.24. The van der Waals surface area contributed by atoms with Crippen LogP contribution in [0.2, 0.25) is 0 Å². The van der Waals surface area contributed by atoms with E-state index in [9.17, 15) is 4.79 Å². The van der Waals surface area contributed by atoms with E-state index in [-0.39, 0.29) is 0 Å². The van der Waals surface area contributed by atoms with Crippen LogP contribution in [0.1, 0.15) is 30.6 Å². The number of hydrogen-bond donors (Lipinski definition) is 0. The lowest BCUT2D eigenvalue weighted by Gasteiger charge is -2.36. The van der Waals surface area contributed by atoms with E-state index in [1.807, 2.05) is 0 Å². The lowest BCUT2D eigenvalue weighted by atomic mass is 10.2. The van der Waals surface area contributed by atoms with Gasteiger partial charge in [-0.15, -0.1) is 11.3 Å².